The van der Waals surface area contributed by atoms with Gasteiger partial charge in [0.1, 0.15) is 0 Å². The molecule has 1 aromatic heterocycles. The third-order valence-corrected chi connectivity index (χ3v) is 4.19. The Morgan fingerprint density at radius 3 is 3.00 bits per heavy atom. The molecule has 1 aliphatic heterocycles. The average Bonchev–Trinajstić information content (AvgIpc) is 2.96. The van der Waals surface area contributed by atoms with Gasteiger partial charge >= 0.3 is 0 Å². The van der Waals surface area contributed by atoms with Crippen LogP contribution in [0.2, 0.25) is 0 Å². The molecule has 0 amide bonds. The summed E-state index contributed by atoms with van der Waals surface area (Å²) in [4.78, 5) is 6.97. The van der Waals surface area contributed by atoms with Crippen LogP contribution in [0.1, 0.15) is 18.9 Å². The molecule has 3 rings (SSSR count). The Morgan fingerprint density at radius 1 is 1.42 bits per heavy atom. The summed E-state index contributed by atoms with van der Waals surface area (Å²) >= 11 is 0. The molecule has 1 saturated heterocycles. The first-order valence-electron chi connectivity index (χ1n) is 7.12. The van der Waals surface area contributed by atoms with Crippen LogP contribution in [0, 0.1) is 12.8 Å². The average molecular weight is 258 g/mol. The number of fused-ring (bicyclic) bond motifs is 1. The summed E-state index contributed by atoms with van der Waals surface area (Å²) in [5.74, 6) is 1.34. The molecule has 0 aliphatic carbocycles. The van der Waals surface area contributed by atoms with Crippen LogP contribution in [0.25, 0.3) is 11.0 Å². The minimum absolute atomic E-state index is 0.649. The number of anilines is 1. The number of benzene rings is 1. The molecule has 102 valence electrons. The highest BCUT2D eigenvalue weighted by atomic mass is 15.2. The Bertz CT molecular complexity index is 587. The van der Waals surface area contributed by atoms with E-state index in [4.69, 9.17) is 5.73 Å². The highest BCUT2D eigenvalue weighted by molar-refractivity contribution is 5.79. The van der Waals surface area contributed by atoms with Gasteiger partial charge in [-0.3, -0.25) is 0 Å². The molecule has 2 N–H and O–H groups in total. The molecule has 2 aromatic rings. The minimum Gasteiger partial charge on any atom is -0.369 e. The zero-order chi connectivity index (χ0) is 13.4. The van der Waals surface area contributed by atoms with Crippen molar-refractivity contribution in [2.75, 3.05) is 25.4 Å². The van der Waals surface area contributed by atoms with Gasteiger partial charge in [0.15, 0.2) is 0 Å². The standard InChI is InChI=1S/C15H22N4/c1-3-18-7-6-12(9-18)10-19-14-8-11(2)4-5-13(14)17-15(19)16/h4-5,8,12H,3,6-7,9-10H2,1-2H3,(H2,16,17). The molecule has 0 saturated carbocycles. The summed E-state index contributed by atoms with van der Waals surface area (Å²) in [6.45, 7) is 8.88. The molecule has 0 radical (unpaired) electrons. The molecular formula is C15H22N4. The molecule has 1 atom stereocenters. The molecule has 1 unspecified atom stereocenters. The minimum atomic E-state index is 0.649. The number of nitrogens with two attached hydrogens (primary N) is 1. The molecule has 0 spiro atoms. The number of likely N-dealkylation sites (tertiary alicyclic amines) is 1. The number of aromatic nitrogens is 2. The van der Waals surface area contributed by atoms with Crippen LogP contribution in [0.4, 0.5) is 5.95 Å². The normalized spacial score (nSPS) is 20.4. The van der Waals surface area contributed by atoms with Crippen LogP contribution >= 0.6 is 0 Å². The first-order chi connectivity index (χ1) is 9.17. The SMILES string of the molecule is CCN1CCC(Cn2c(N)nc3ccc(C)cc32)C1. The Balaban J connectivity index is 1.88. The lowest BCUT2D eigenvalue weighted by molar-refractivity contribution is 0.334. The van der Waals surface area contributed by atoms with E-state index in [1.165, 1.54) is 30.6 Å². The van der Waals surface area contributed by atoms with Crippen LogP contribution < -0.4 is 5.73 Å². The van der Waals surface area contributed by atoms with E-state index in [1.54, 1.807) is 0 Å². The summed E-state index contributed by atoms with van der Waals surface area (Å²) in [6, 6.07) is 6.34. The zero-order valence-corrected chi connectivity index (χ0v) is 11.8. The van der Waals surface area contributed by atoms with Crippen molar-refractivity contribution in [3.8, 4) is 0 Å². The third kappa shape index (κ3) is 2.32. The van der Waals surface area contributed by atoms with Gasteiger partial charge in [0.05, 0.1) is 11.0 Å². The summed E-state index contributed by atoms with van der Waals surface area (Å²) in [5, 5.41) is 0. The summed E-state index contributed by atoms with van der Waals surface area (Å²) in [7, 11) is 0. The Hall–Kier alpha value is -1.55. The first-order valence-corrected chi connectivity index (χ1v) is 7.12. The molecular weight excluding hydrogens is 236 g/mol. The molecule has 4 nitrogen and oxygen atoms in total. The number of rotatable bonds is 3. The van der Waals surface area contributed by atoms with Crippen molar-refractivity contribution in [1.82, 2.24) is 14.5 Å². The lowest BCUT2D eigenvalue weighted by Gasteiger charge is -2.15. The maximum absolute atomic E-state index is 6.09. The van der Waals surface area contributed by atoms with Crippen LogP contribution in [0.3, 0.4) is 0 Å². The maximum Gasteiger partial charge on any atom is 0.201 e. The zero-order valence-electron chi connectivity index (χ0n) is 11.8. The van der Waals surface area contributed by atoms with Crippen molar-refractivity contribution >= 4 is 17.0 Å². The molecule has 19 heavy (non-hydrogen) atoms. The van der Waals surface area contributed by atoms with E-state index in [1.807, 2.05) is 0 Å². The lowest BCUT2D eigenvalue weighted by atomic mass is 10.1. The second kappa shape index (κ2) is 4.85. The second-order valence-electron chi connectivity index (χ2n) is 5.62. The number of imidazole rings is 1. The van der Waals surface area contributed by atoms with Gasteiger partial charge < -0.3 is 15.2 Å². The fourth-order valence-corrected chi connectivity index (χ4v) is 3.05. The summed E-state index contributed by atoms with van der Waals surface area (Å²) in [5.41, 5.74) is 9.53. The lowest BCUT2D eigenvalue weighted by Crippen LogP contribution is -2.21. The van der Waals surface area contributed by atoms with Crippen LogP contribution in [0.5, 0.6) is 0 Å². The van der Waals surface area contributed by atoms with Crippen molar-refractivity contribution in [3.05, 3.63) is 23.8 Å². The van der Waals surface area contributed by atoms with Gasteiger partial charge in [-0.25, -0.2) is 4.98 Å². The highest BCUT2D eigenvalue weighted by Crippen LogP contribution is 2.24. The van der Waals surface area contributed by atoms with Gasteiger partial charge in [-0.1, -0.05) is 13.0 Å². The largest absolute Gasteiger partial charge is 0.369 e. The monoisotopic (exact) mass is 258 g/mol. The van der Waals surface area contributed by atoms with Gasteiger partial charge in [0.25, 0.3) is 0 Å². The molecule has 4 heteroatoms. The van der Waals surface area contributed by atoms with E-state index in [2.05, 4.69) is 46.5 Å². The molecule has 1 aromatic carbocycles. The Kier molecular flexibility index (Phi) is 3.19. The van der Waals surface area contributed by atoms with Crippen LogP contribution in [-0.2, 0) is 6.54 Å². The van der Waals surface area contributed by atoms with Gasteiger partial charge in [-0.15, -0.1) is 0 Å². The topological polar surface area (TPSA) is 47.1 Å². The summed E-state index contributed by atoms with van der Waals surface area (Å²) < 4.78 is 2.19. The van der Waals surface area contributed by atoms with Crippen LogP contribution in [0.15, 0.2) is 18.2 Å². The smallest absolute Gasteiger partial charge is 0.201 e. The number of aryl methyl sites for hydroxylation is 1. The number of nitrogens with zero attached hydrogens (tertiary/aromatic N) is 3. The van der Waals surface area contributed by atoms with Crippen molar-refractivity contribution < 1.29 is 0 Å². The number of hydrogen-bond donors (Lipinski definition) is 1. The van der Waals surface area contributed by atoms with Crippen molar-refractivity contribution in [1.29, 1.82) is 0 Å². The molecule has 2 heterocycles. The van der Waals surface area contributed by atoms with E-state index >= 15 is 0 Å². The highest BCUT2D eigenvalue weighted by Gasteiger charge is 2.22. The summed E-state index contributed by atoms with van der Waals surface area (Å²) in [6.07, 6.45) is 1.26. The predicted octanol–water partition coefficient (Wildman–Crippen LogP) is 2.27. The fraction of sp³-hybridized carbons (Fsp3) is 0.533. The van der Waals surface area contributed by atoms with Gasteiger partial charge in [-0.2, -0.15) is 0 Å². The third-order valence-electron chi connectivity index (χ3n) is 4.19. The number of hydrogen-bond acceptors (Lipinski definition) is 3. The van der Waals surface area contributed by atoms with E-state index in [0.717, 1.165) is 18.6 Å². The van der Waals surface area contributed by atoms with Crippen molar-refractivity contribution in [2.24, 2.45) is 5.92 Å². The first kappa shape index (κ1) is 12.5. The van der Waals surface area contributed by atoms with Crippen molar-refractivity contribution in [3.63, 3.8) is 0 Å². The second-order valence-corrected chi connectivity index (χ2v) is 5.62. The quantitative estimate of drug-likeness (QED) is 0.918. The Morgan fingerprint density at radius 2 is 2.26 bits per heavy atom. The van der Waals surface area contributed by atoms with E-state index in [9.17, 15) is 0 Å². The molecule has 0 bridgehead atoms. The fourth-order valence-electron chi connectivity index (χ4n) is 3.05. The van der Waals surface area contributed by atoms with E-state index in [0.29, 0.717) is 11.9 Å². The predicted molar refractivity (Wildman–Crippen MR) is 79.1 cm³/mol. The molecule has 1 aliphatic rings. The van der Waals surface area contributed by atoms with Gasteiger partial charge in [0.2, 0.25) is 5.95 Å². The van der Waals surface area contributed by atoms with Crippen LogP contribution in [-0.4, -0.2) is 34.1 Å². The van der Waals surface area contributed by atoms with Gasteiger partial charge in [-0.05, 0) is 50.0 Å². The molecule has 1 fully saturated rings. The van der Waals surface area contributed by atoms with E-state index in [-0.39, 0.29) is 0 Å². The maximum atomic E-state index is 6.09. The van der Waals surface area contributed by atoms with Gasteiger partial charge in [0, 0.05) is 13.1 Å². The van der Waals surface area contributed by atoms with E-state index < -0.39 is 0 Å². The number of nitrogen functional groups attached to an aromatic ring is 1. The Labute approximate surface area is 114 Å². The van der Waals surface area contributed by atoms with Crippen molar-refractivity contribution in [2.45, 2.75) is 26.8 Å².